The Kier molecular flexibility index (Phi) is 8.39. The number of esters is 4. The van der Waals surface area contributed by atoms with Crippen molar-refractivity contribution in [3.05, 3.63) is 57.3 Å². The predicted molar refractivity (Wildman–Crippen MR) is 130 cm³/mol. The number of thiophene rings is 2. The Morgan fingerprint density at radius 2 is 1.06 bits per heavy atom. The van der Waals surface area contributed by atoms with Gasteiger partial charge in [-0.1, -0.05) is 0 Å². The third-order valence-electron chi connectivity index (χ3n) is 4.56. The average Bonchev–Trinajstić information content (AvgIpc) is 3.62. The van der Waals surface area contributed by atoms with Crippen LogP contribution in [0.15, 0.2) is 40.8 Å². The van der Waals surface area contributed by atoms with Crippen LogP contribution in [0.1, 0.15) is 30.5 Å². The van der Waals surface area contributed by atoms with Crippen LogP contribution in [-0.2, 0) is 28.5 Å². The van der Waals surface area contributed by atoms with Gasteiger partial charge in [-0.25, -0.2) is 19.2 Å². The Morgan fingerprint density at radius 1 is 0.657 bits per heavy atom. The van der Waals surface area contributed by atoms with Crippen molar-refractivity contribution in [2.24, 2.45) is 0 Å². The smallest absolute Gasteiger partial charge is 0.342 e. The second-order valence-corrected chi connectivity index (χ2v) is 8.84. The maximum absolute atomic E-state index is 12.8. The van der Waals surface area contributed by atoms with E-state index in [9.17, 15) is 19.2 Å². The summed E-state index contributed by atoms with van der Waals surface area (Å²) in [4.78, 5) is 50.7. The molecule has 0 fully saturated rings. The molecule has 3 aromatic rings. The zero-order valence-corrected chi connectivity index (χ0v) is 20.7. The Bertz CT molecular complexity index is 1220. The normalized spacial score (nSPS) is 11.1. The van der Waals surface area contributed by atoms with Crippen molar-refractivity contribution in [1.29, 1.82) is 0 Å². The van der Waals surface area contributed by atoms with Gasteiger partial charge in [0.1, 0.15) is 11.1 Å². The lowest BCUT2D eigenvalue weighted by atomic mass is 10.1. The largest absolute Gasteiger partial charge is 0.466 e. The van der Waals surface area contributed by atoms with Crippen molar-refractivity contribution in [3.63, 3.8) is 0 Å². The summed E-state index contributed by atoms with van der Waals surface area (Å²) in [5, 5.41) is 0. The Balaban J connectivity index is 2.15. The van der Waals surface area contributed by atoms with Crippen LogP contribution < -0.4 is 0 Å². The number of methoxy groups -OCH3 is 4. The fourth-order valence-corrected chi connectivity index (χ4v) is 4.73. The highest BCUT2D eigenvalue weighted by atomic mass is 32.1. The number of ether oxygens (including phenoxy) is 4. The molecule has 3 rings (SSSR count). The van der Waals surface area contributed by atoms with E-state index in [-0.39, 0.29) is 22.6 Å². The molecule has 0 saturated carbocycles. The minimum absolute atomic E-state index is 0.0836. The summed E-state index contributed by atoms with van der Waals surface area (Å²) in [6.07, 6.45) is 5.64. The second kappa shape index (κ2) is 11.4. The maximum Gasteiger partial charge on any atom is 0.342 e. The van der Waals surface area contributed by atoms with E-state index >= 15 is 0 Å². The molecular weight excluding hydrogens is 496 g/mol. The molecule has 0 unspecified atom stereocenters. The number of furan rings is 1. The fraction of sp³-hybridized carbons (Fsp3) is 0.167. The van der Waals surface area contributed by atoms with Gasteiger partial charge < -0.3 is 23.4 Å². The zero-order valence-electron chi connectivity index (χ0n) is 19.1. The number of carbonyl (C=O) groups excluding carboxylic acids is 4. The first-order valence-corrected chi connectivity index (χ1v) is 11.5. The van der Waals surface area contributed by atoms with Gasteiger partial charge in [-0.05, 0) is 36.4 Å². The molecule has 0 aromatic carbocycles. The van der Waals surface area contributed by atoms with Crippen molar-refractivity contribution in [3.8, 4) is 21.3 Å². The molecule has 182 valence electrons. The van der Waals surface area contributed by atoms with E-state index in [1.165, 1.54) is 63.3 Å². The highest BCUT2D eigenvalue weighted by molar-refractivity contribution is 7.16. The number of carbonyl (C=O) groups is 4. The quantitative estimate of drug-likeness (QED) is 0.239. The van der Waals surface area contributed by atoms with Gasteiger partial charge in [-0.15, -0.1) is 22.7 Å². The molecule has 3 heterocycles. The van der Waals surface area contributed by atoms with Gasteiger partial charge in [0, 0.05) is 21.9 Å². The van der Waals surface area contributed by atoms with Gasteiger partial charge in [0.15, 0.2) is 11.5 Å². The van der Waals surface area contributed by atoms with Crippen molar-refractivity contribution in [2.75, 3.05) is 28.4 Å². The molecule has 9 nitrogen and oxygen atoms in total. The Hall–Kier alpha value is -3.96. The predicted octanol–water partition coefficient (Wildman–Crippen LogP) is 4.68. The van der Waals surface area contributed by atoms with E-state index < -0.39 is 23.9 Å². The molecule has 0 spiro atoms. The standard InChI is InChI=1S/C24H20O9S2/c1-29-17(25)11-7-13-5-9-15(34-13)21-19(23(27)31-3)20(24(28)32-4)22(33-21)16-10-6-14(35-16)8-12-18(26)30-2/h5-12H,1-4H3/b11-7+,12-8+. The van der Waals surface area contributed by atoms with Crippen LogP contribution in [0.2, 0.25) is 0 Å². The van der Waals surface area contributed by atoms with Crippen molar-refractivity contribution in [1.82, 2.24) is 0 Å². The molecule has 0 atom stereocenters. The molecule has 0 aliphatic heterocycles. The molecule has 0 N–H and O–H groups in total. The van der Waals surface area contributed by atoms with E-state index in [0.29, 0.717) is 19.5 Å². The van der Waals surface area contributed by atoms with E-state index in [0.717, 1.165) is 0 Å². The summed E-state index contributed by atoms with van der Waals surface area (Å²) >= 11 is 2.46. The summed E-state index contributed by atoms with van der Waals surface area (Å²) in [5.41, 5.74) is -0.167. The van der Waals surface area contributed by atoms with Crippen LogP contribution in [0.25, 0.3) is 33.4 Å². The second-order valence-electron chi connectivity index (χ2n) is 6.61. The van der Waals surface area contributed by atoms with E-state index in [1.807, 2.05) is 0 Å². The van der Waals surface area contributed by atoms with Gasteiger partial charge in [0.05, 0.1) is 38.2 Å². The van der Waals surface area contributed by atoms with Crippen LogP contribution in [0.4, 0.5) is 0 Å². The van der Waals surface area contributed by atoms with Crippen molar-refractivity contribution in [2.45, 2.75) is 0 Å². The van der Waals surface area contributed by atoms with Crippen molar-refractivity contribution < 1.29 is 42.5 Å². The molecule has 11 heteroatoms. The highest BCUT2D eigenvalue weighted by Gasteiger charge is 2.34. The summed E-state index contributed by atoms with van der Waals surface area (Å²) in [6, 6.07) is 6.83. The molecule has 3 aromatic heterocycles. The number of hydrogen-bond acceptors (Lipinski definition) is 11. The molecule has 0 radical (unpaired) electrons. The number of hydrogen-bond donors (Lipinski definition) is 0. The van der Waals surface area contributed by atoms with Gasteiger partial charge in [-0.3, -0.25) is 0 Å². The first kappa shape index (κ1) is 25.7. The lowest BCUT2D eigenvalue weighted by Crippen LogP contribution is -2.11. The highest BCUT2D eigenvalue weighted by Crippen LogP contribution is 2.42. The zero-order chi connectivity index (χ0) is 25.5. The minimum atomic E-state index is -0.780. The van der Waals surface area contributed by atoms with Crippen LogP contribution in [0.3, 0.4) is 0 Å². The van der Waals surface area contributed by atoms with Gasteiger partial charge >= 0.3 is 23.9 Å². The molecule has 0 amide bonds. The van der Waals surface area contributed by atoms with Gasteiger partial charge in [0.25, 0.3) is 0 Å². The van der Waals surface area contributed by atoms with Crippen LogP contribution in [-0.4, -0.2) is 52.3 Å². The molecule has 35 heavy (non-hydrogen) atoms. The Labute approximate surface area is 208 Å². The molecule has 0 aliphatic rings. The summed E-state index contributed by atoms with van der Waals surface area (Å²) in [6.45, 7) is 0. The first-order chi connectivity index (χ1) is 16.8. The SMILES string of the molecule is COC(=O)/C=C/c1ccc(-c2oc(-c3ccc(/C=C/C(=O)OC)s3)c(C(=O)OC)c2C(=O)OC)s1. The average molecular weight is 517 g/mol. The maximum atomic E-state index is 12.8. The minimum Gasteiger partial charge on any atom is -0.466 e. The number of rotatable bonds is 8. The lowest BCUT2D eigenvalue weighted by Gasteiger charge is -2.02. The third-order valence-corrected chi connectivity index (χ3v) is 6.66. The van der Waals surface area contributed by atoms with E-state index in [1.54, 1.807) is 36.4 Å². The summed E-state index contributed by atoms with van der Waals surface area (Å²) < 4.78 is 25.1. The van der Waals surface area contributed by atoms with Crippen molar-refractivity contribution >= 4 is 58.7 Å². The molecular formula is C24H20O9S2. The Morgan fingerprint density at radius 3 is 1.40 bits per heavy atom. The van der Waals surface area contributed by atoms with E-state index in [2.05, 4.69) is 9.47 Å². The first-order valence-electron chi connectivity index (χ1n) is 9.88. The fourth-order valence-electron chi connectivity index (χ4n) is 2.94. The van der Waals surface area contributed by atoms with E-state index in [4.69, 9.17) is 13.9 Å². The molecule has 0 aliphatic carbocycles. The van der Waals surface area contributed by atoms with Crippen LogP contribution >= 0.6 is 22.7 Å². The topological polar surface area (TPSA) is 118 Å². The third kappa shape index (κ3) is 5.76. The lowest BCUT2D eigenvalue weighted by molar-refractivity contribution is -0.135. The van der Waals surface area contributed by atoms with Gasteiger partial charge in [0.2, 0.25) is 0 Å². The van der Waals surface area contributed by atoms with Crippen LogP contribution in [0.5, 0.6) is 0 Å². The summed E-state index contributed by atoms with van der Waals surface area (Å²) in [5.74, 6) is -2.35. The van der Waals surface area contributed by atoms with Crippen LogP contribution in [0, 0.1) is 0 Å². The van der Waals surface area contributed by atoms with Gasteiger partial charge in [-0.2, -0.15) is 0 Å². The summed E-state index contributed by atoms with van der Waals surface area (Å²) in [7, 11) is 4.93. The monoisotopic (exact) mass is 516 g/mol. The molecule has 0 bridgehead atoms. The molecule has 0 saturated heterocycles.